The van der Waals surface area contributed by atoms with Gasteiger partial charge in [0.1, 0.15) is 22.9 Å². The molecule has 2 heterocycles. The maximum atomic E-state index is 15.3. The monoisotopic (exact) mass is 648 g/mol. The molecule has 1 saturated heterocycles. The average molecular weight is 649 g/mol. The summed E-state index contributed by atoms with van der Waals surface area (Å²) in [5.41, 5.74) is -3.17. The molecule has 2 aliphatic rings. The molecule has 2 aromatic carbocycles. The van der Waals surface area contributed by atoms with Gasteiger partial charge in [0.15, 0.2) is 23.8 Å². The number of carbonyl (C=O) groups is 3. The van der Waals surface area contributed by atoms with Crippen LogP contribution in [0.25, 0.3) is 10.8 Å². The molecule has 16 heteroatoms. The first-order valence-electron chi connectivity index (χ1n) is 13.1. The van der Waals surface area contributed by atoms with Gasteiger partial charge in [0.2, 0.25) is 5.91 Å². The largest absolute Gasteiger partial charge is 0.462 e. The summed E-state index contributed by atoms with van der Waals surface area (Å²) in [5, 5.41) is 13.9. The highest BCUT2D eigenvalue weighted by molar-refractivity contribution is 7.52. The van der Waals surface area contributed by atoms with Gasteiger partial charge in [-0.2, -0.15) is 5.09 Å². The predicted octanol–water partition coefficient (Wildman–Crippen LogP) is 4.21. The van der Waals surface area contributed by atoms with Crippen LogP contribution >= 0.6 is 19.3 Å². The van der Waals surface area contributed by atoms with Gasteiger partial charge in [-0.25, -0.2) is 17.7 Å². The summed E-state index contributed by atoms with van der Waals surface area (Å²) in [4.78, 5) is 37.1. The number of aliphatic hydroxyl groups excluding tert-OH is 1. The number of alkyl halides is 3. The Kier molecular flexibility index (Phi) is 9.89. The maximum Gasteiger partial charge on any atom is 0.459 e. The van der Waals surface area contributed by atoms with E-state index in [1.165, 1.54) is 19.1 Å². The highest BCUT2D eigenvalue weighted by atomic mass is 35.5. The number of ketones is 1. The van der Waals surface area contributed by atoms with E-state index in [2.05, 4.69) is 5.09 Å². The van der Waals surface area contributed by atoms with E-state index in [0.29, 0.717) is 10.3 Å². The number of nitrogens with zero attached hydrogens (tertiary/aromatic N) is 1. The van der Waals surface area contributed by atoms with Crippen LogP contribution in [0.4, 0.5) is 13.2 Å². The van der Waals surface area contributed by atoms with Crippen LogP contribution in [0.3, 0.4) is 0 Å². The number of allylic oxidation sites excluding steroid dienone is 1. The second-order valence-electron chi connectivity index (χ2n) is 10.2. The molecular weight excluding hydrogens is 620 g/mol. The number of fused-ring (bicyclic) bond motifs is 1. The van der Waals surface area contributed by atoms with E-state index in [-0.39, 0.29) is 5.75 Å². The Bertz CT molecular complexity index is 1480. The summed E-state index contributed by atoms with van der Waals surface area (Å²) in [6.45, 7) is 2.99. The SMILES string of the molecule is CC(C)OC(=O)[C@H](C)NP(=O)(OC[C@@]1(C(F)F)O[C@@H](N2C=C(Cl)C(=O)CC2=O)[C@@H](F)[C@@H]1O)Oc1ccc2ccccc2c1. The maximum absolute atomic E-state index is 15.3. The van der Waals surface area contributed by atoms with Crippen molar-refractivity contribution in [3.63, 3.8) is 0 Å². The van der Waals surface area contributed by atoms with Gasteiger partial charge in [0.25, 0.3) is 6.43 Å². The standard InChI is InChI=1S/C27H29ClF3N2O9P/c1-14(2)40-25(37)15(3)32-43(38,42-18-9-8-16-6-4-5-7-17(16)10-18)39-13-27(26(30)31)23(36)22(29)24(41-27)33-12-19(28)20(34)11-21(33)35/h4-10,12,14-15,22-24,26,36H,11,13H2,1-3H3,(H,32,38)/t15-,22-,23-,24+,27+,43?/m0/s1. The van der Waals surface area contributed by atoms with E-state index < -0.39 is 86.1 Å². The minimum absolute atomic E-state index is 0.0393. The molecular formula is C27H29ClF3N2O9P. The zero-order chi connectivity index (χ0) is 31.7. The summed E-state index contributed by atoms with van der Waals surface area (Å²) < 4.78 is 79.6. The molecule has 6 atom stereocenters. The summed E-state index contributed by atoms with van der Waals surface area (Å²) in [6, 6.07) is 10.3. The average Bonchev–Trinajstić information content (AvgIpc) is 3.19. The zero-order valence-electron chi connectivity index (χ0n) is 23.1. The molecule has 0 aliphatic carbocycles. The first-order chi connectivity index (χ1) is 20.2. The zero-order valence-corrected chi connectivity index (χ0v) is 24.8. The van der Waals surface area contributed by atoms with Crippen molar-refractivity contribution >= 4 is 47.8 Å². The summed E-state index contributed by atoms with van der Waals surface area (Å²) in [7, 11) is -4.79. The molecule has 0 aromatic heterocycles. The molecule has 234 valence electrons. The Morgan fingerprint density at radius 1 is 1.21 bits per heavy atom. The van der Waals surface area contributed by atoms with Crippen LogP contribution in [0, 0.1) is 0 Å². The van der Waals surface area contributed by atoms with Crippen LogP contribution in [-0.2, 0) is 32.9 Å². The molecule has 1 amide bonds. The van der Waals surface area contributed by atoms with Crippen LogP contribution in [0.5, 0.6) is 5.75 Å². The van der Waals surface area contributed by atoms with Crippen molar-refractivity contribution in [2.45, 2.75) is 69.9 Å². The fraction of sp³-hybridized carbons (Fsp3) is 0.444. The third kappa shape index (κ3) is 7.05. The van der Waals surface area contributed by atoms with Crippen molar-refractivity contribution in [1.29, 1.82) is 0 Å². The number of aliphatic hydroxyl groups is 1. The Hall–Kier alpha value is -3.00. The number of carbonyl (C=O) groups excluding carboxylic acids is 3. The highest BCUT2D eigenvalue weighted by Gasteiger charge is 2.63. The van der Waals surface area contributed by atoms with Crippen LogP contribution in [0.1, 0.15) is 27.2 Å². The van der Waals surface area contributed by atoms with E-state index in [9.17, 15) is 32.8 Å². The van der Waals surface area contributed by atoms with Crippen molar-refractivity contribution < 1.29 is 55.7 Å². The Morgan fingerprint density at radius 3 is 2.53 bits per heavy atom. The summed E-state index contributed by atoms with van der Waals surface area (Å²) in [5.74, 6) is -2.69. The fourth-order valence-corrected chi connectivity index (χ4v) is 6.11. The van der Waals surface area contributed by atoms with E-state index >= 15 is 4.39 Å². The first-order valence-corrected chi connectivity index (χ1v) is 15.0. The number of rotatable bonds is 11. The quantitative estimate of drug-likeness (QED) is 0.207. The van der Waals surface area contributed by atoms with Gasteiger partial charge in [-0.15, -0.1) is 0 Å². The summed E-state index contributed by atoms with van der Waals surface area (Å²) >= 11 is 5.77. The van der Waals surface area contributed by atoms with Gasteiger partial charge < -0.3 is 19.1 Å². The lowest BCUT2D eigenvalue weighted by atomic mass is 9.97. The van der Waals surface area contributed by atoms with Gasteiger partial charge in [-0.1, -0.05) is 41.9 Å². The van der Waals surface area contributed by atoms with E-state index in [0.717, 1.165) is 11.6 Å². The lowest BCUT2D eigenvalue weighted by Gasteiger charge is -2.33. The predicted molar refractivity (Wildman–Crippen MR) is 147 cm³/mol. The number of ether oxygens (including phenoxy) is 2. The molecule has 0 spiro atoms. The molecule has 4 rings (SSSR count). The number of halogens is 4. The van der Waals surface area contributed by atoms with Crippen molar-refractivity contribution in [3.05, 3.63) is 53.7 Å². The van der Waals surface area contributed by atoms with E-state index in [1.807, 2.05) is 0 Å². The molecule has 0 radical (unpaired) electrons. The van der Waals surface area contributed by atoms with Crippen LogP contribution in [-0.4, -0.2) is 76.9 Å². The Labute approximate surface area is 249 Å². The molecule has 43 heavy (non-hydrogen) atoms. The van der Waals surface area contributed by atoms with Crippen molar-refractivity contribution in [1.82, 2.24) is 9.99 Å². The van der Waals surface area contributed by atoms with Gasteiger partial charge >= 0.3 is 13.7 Å². The number of hydrogen-bond acceptors (Lipinski definition) is 9. The van der Waals surface area contributed by atoms with E-state index in [1.54, 1.807) is 44.2 Å². The minimum Gasteiger partial charge on any atom is -0.462 e. The third-order valence-electron chi connectivity index (χ3n) is 6.64. The van der Waals surface area contributed by atoms with E-state index in [4.69, 9.17) is 30.1 Å². The van der Waals surface area contributed by atoms with Gasteiger partial charge in [0, 0.05) is 6.20 Å². The molecule has 2 aliphatic heterocycles. The molecule has 0 saturated carbocycles. The number of Topliss-reactive ketones (excluding diaryl/α,β-unsaturated/α-hetero) is 1. The van der Waals surface area contributed by atoms with Crippen molar-refractivity contribution in [2.75, 3.05) is 6.61 Å². The Morgan fingerprint density at radius 2 is 1.88 bits per heavy atom. The Balaban J connectivity index is 1.63. The van der Waals surface area contributed by atoms with Crippen molar-refractivity contribution in [2.24, 2.45) is 0 Å². The number of amides is 1. The first kappa shape index (κ1) is 32.9. The summed E-state index contributed by atoms with van der Waals surface area (Å²) in [6.07, 6.45) is -11.6. The highest BCUT2D eigenvalue weighted by Crippen LogP contribution is 2.49. The molecule has 2 aromatic rings. The number of esters is 1. The van der Waals surface area contributed by atoms with Crippen LogP contribution in [0.2, 0.25) is 0 Å². The normalized spacial score (nSPS) is 26.5. The molecule has 1 fully saturated rings. The minimum atomic E-state index is -4.79. The lowest BCUT2D eigenvalue weighted by molar-refractivity contribution is -0.199. The molecule has 0 bridgehead atoms. The third-order valence-corrected chi connectivity index (χ3v) is 8.57. The molecule has 2 N–H and O–H groups in total. The van der Waals surface area contributed by atoms with Gasteiger partial charge in [0.05, 0.1) is 19.1 Å². The fourth-order valence-electron chi connectivity index (χ4n) is 4.42. The van der Waals surface area contributed by atoms with Crippen LogP contribution < -0.4 is 9.61 Å². The second kappa shape index (κ2) is 12.9. The number of benzene rings is 2. The second-order valence-corrected chi connectivity index (χ2v) is 12.3. The topological polar surface area (TPSA) is 141 Å². The van der Waals surface area contributed by atoms with Crippen molar-refractivity contribution in [3.8, 4) is 5.75 Å². The lowest BCUT2D eigenvalue weighted by Crippen LogP contribution is -2.52. The number of nitrogens with one attached hydrogen (secondary N) is 1. The van der Waals surface area contributed by atoms with Gasteiger partial charge in [-0.3, -0.25) is 23.8 Å². The van der Waals surface area contributed by atoms with Crippen LogP contribution in [0.15, 0.2) is 53.7 Å². The smallest absolute Gasteiger partial charge is 0.459 e. The number of hydrogen-bond donors (Lipinski definition) is 2. The van der Waals surface area contributed by atoms with Gasteiger partial charge in [-0.05, 0) is 43.7 Å². The molecule has 1 unspecified atom stereocenters. The molecule has 11 nitrogen and oxygen atoms in total.